The third-order valence-electron chi connectivity index (χ3n) is 4.76. The second-order valence-electron chi connectivity index (χ2n) is 6.73. The molecule has 2 atom stereocenters. The van der Waals surface area contributed by atoms with Crippen LogP contribution in [0.15, 0.2) is 67.1 Å². The van der Waals surface area contributed by atoms with E-state index in [1.165, 1.54) is 0 Å². The van der Waals surface area contributed by atoms with Gasteiger partial charge in [-0.25, -0.2) is 9.37 Å². The number of nitrogens with one attached hydrogen (secondary N) is 2. The summed E-state index contributed by atoms with van der Waals surface area (Å²) in [4.78, 5) is 16.7. The van der Waals surface area contributed by atoms with Crippen LogP contribution in [-0.4, -0.2) is 40.8 Å². The average molecular weight is 364 g/mol. The summed E-state index contributed by atoms with van der Waals surface area (Å²) < 4.78 is 15.1. The van der Waals surface area contributed by atoms with Crippen LogP contribution in [0.5, 0.6) is 0 Å². The summed E-state index contributed by atoms with van der Waals surface area (Å²) in [6.45, 7) is 0.799. The molecule has 2 unspecified atom stereocenters. The second kappa shape index (κ2) is 7.72. The van der Waals surface area contributed by atoms with Gasteiger partial charge >= 0.3 is 0 Å². The molecule has 2 heterocycles. The Kier molecular flexibility index (Phi) is 4.98. The number of benzene rings is 2. The summed E-state index contributed by atoms with van der Waals surface area (Å²) in [6, 6.07) is 17.3. The lowest BCUT2D eigenvalue weighted by atomic mass is 10.1. The van der Waals surface area contributed by atoms with E-state index in [0.717, 1.165) is 16.9 Å². The van der Waals surface area contributed by atoms with Crippen LogP contribution < -0.4 is 10.6 Å². The Morgan fingerprint density at radius 1 is 1.19 bits per heavy atom. The minimum atomic E-state index is -0.818. The van der Waals surface area contributed by atoms with E-state index in [0.29, 0.717) is 25.1 Å². The number of halogens is 1. The highest BCUT2D eigenvalue weighted by atomic mass is 19.1. The quantitative estimate of drug-likeness (QED) is 0.732. The second-order valence-corrected chi connectivity index (χ2v) is 6.73. The molecule has 138 valence electrons. The van der Waals surface area contributed by atoms with Gasteiger partial charge in [0, 0.05) is 42.1 Å². The van der Waals surface area contributed by atoms with E-state index in [4.69, 9.17) is 0 Å². The molecule has 0 aliphatic carbocycles. The van der Waals surface area contributed by atoms with Gasteiger partial charge < -0.3 is 15.2 Å². The summed E-state index contributed by atoms with van der Waals surface area (Å²) in [5, 5.41) is 5.92. The molecule has 1 aromatic heterocycles. The molecule has 1 saturated heterocycles. The van der Waals surface area contributed by atoms with Gasteiger partial charge in [-0.05, 0) is 30.7 Å². The fourth-order valence-corrected chi connectivity index (χ4v) is 3.25. The molecule has 2 N–H and O–H groups in total. The molecule has 1 aliphatic heterocycles. The fraction of sp³-hybridized carbons (Fsp3) is 0.238. The fourth-order valence-electron chi connectivity index (χ4n) is 3.25. The number of rotatable bonds is 5. The number of alkyl halides is 1. The van der Waals surface area contributed by atoms with Crippen LogP contribution in [0.4, 0.5) is 4.39 Å². The van der Waals surface area contributed by atoms with E-state index in [1.54, 1.807) is 18.5 Å². The van der Waals surface area contributed by atoms with E-state index in [2.05, 4.69) is 15.6 Å². The average Bonchev–Trinajstić information content (AvgIpc) is 3.36. The van der Waals surface area contributed by atoms with Crippen LogP contribution in [0.2, 0.25) is 0 Å². The van der Waals surface area contributed by atoms with Crippen LogP contribution in [0, 0.1) is 0 Å². The molecule has 0 saturated carbocycles. The Morgan fingerprint density at radius 3 is 2.67 bits per heavy atom. The predicted molar refractivity (Wildman–Crippen MR) is 103 cm³/mol. The number of aromatic nitrogens is 2. The number of amides is 1. The molecule has 1 fully saturated rings. The largest absolute Gasteiger partial charge is 0.350 e. The van der Waals surface area contributed by atoms with Gasteiger partial charge in [-0.1, -0.05) is 30.3 Å². The van der Waals surface area contributed by atoms with Crippen LogP contribution in [0.1, 0.15) is 16.8 Å². The van der Waals surface area contributed by atoms with Crippen molar-refractivity contribution >= 4 is 5.91 Å². The minimum absolute atomic E-state index is 0.00479. The number of para-hydroxylation sites is 1. The lowest BCUT2D eigenvalue weighted by Gasteiger charge is -2.11. The first-order chi connectivity index (χ1) is 13.2. The SMILES string of the molecule is O=C(NCC1CC(F)CN1)c1ccc(-c2cn(-c3ccccc3)cn2)cc1. The van der Waals surface area contributed by atoms with Gasteiger partial charge in [-0.3, -0.25) is 4.79 Å². The highest BCUT2D eigenvalue weighted by molar-refractivity contribution is 5.94. The van der Waals surface area contributed by atoms with E-state index >= 15 is 0 Å². The Labute approximate surface area is 157 Å². The van der Waals surface area contributed by atoms with Crippen molar-refractivity contribution < 1.29 is 9.18 Å². The molecule has 0 spiro atoms. The van der Waals surface area contributed by atoms with Gasteiger partial charge in [0.05, 0.1) is 12.0 Å². The molecule has 27 heavy (non-hydrogen) atoms. The number of imidazole rings is 1. The zero-order valence-corrected chi connectivity index (χ0v) is 14.8. The Balaban J connectivity index is 1.40. The summed E-state index contributed by atoms with van der Waals surface area (Å²) in [6.07, 6.45) is 3.37. The highest BCUT2D eigenvalue weighted by Crippen LogP contribution is 2.19. The smallest absolute Gasteiger partial charge is 0.251 e. The number of hydrogen-bond acceptors (Lipinski definition) is 3. The molecule has 6 heteroatoms. The number of carbonyl (C=O) groups is 1. The van der Waals surface area contributed by atoms with Crippen molar-refractivity contribution in [3.05, 3.63) is 72.7 Å². The normalized spacial score (nSPS) is 19.1. The third-order valence-corrected chi connectivity index (χ3v) is 4.76. The molecule has 5 nitrogen and oxygen atoms in total. The van der Waals surface area contributed by atoms with Gasteiger partial charge in [0.15, 0.2) is 0 Å². The Bertz CT molecular complexity index is 907. The maximum atomic E-state index is 13.2. The van der Waals surface area contributed by atoms with Crippen molar-refractivity contribution in [1.29, 1.82) is 0 Å². The van der Waals surface area contributed by atoms with Crippen molar-refractivity contribution in [3.63, 3.8) is 0 Å². The van der Waals surface area contributed by atoms with Gasteiger partial charge in [0.25, 0.3) is 5.91 Å². The molecule has 4 rings (SSSR count). The summed E-state index contributed by atoms with van der Waals surface area (Å²) >= 11 is 0. The first-order valence-electron chi connectivity index (χ1n) is 9.04. The Morgan fingerprint density at radius 2 is 1.96 bits per heavy atom. The molecular weight excluding hydrogens is 343 g/mol. The maximum absolute atomic E-state index is 13.2. The summed E-state index contributed by atoms with van der Waals surface area (Å²) in [5.74, 6) is -0.152. The minimum Gasteiger partial charge on any atom is -0.350 e. The van der Waals surface area contributed by atoms with Crippen molar-refractivity contribution in [3.8, 4) is 16.9 Å². The molecule has 3 aromatic rings. The maximum Gasteiger partial charge on any atom is 0.251 e. The van der Waals surface area contributed by atoms with E-state index in [1.807, 2.05) is 53.2 Å². The van der Waals surface area contributed by atoms with Crippen molar-refractivity contribution in [2.45, 2.75) is 18.6 Å². The lowest BCUT2D eigenvalue weighted by Crippen LogP contribution is -2.37. The molecular formula is C21H21FN4O. The lowest BCUT2D eigenvalue weighted by molar-refractivity contribution is 0.0950. The Hall–Kier alpha value is -2.99. The van der Waals surface area contributed by atoms with Crippen LogP contribution in [-0.2, 0) is 0 Å². The van der Waals surface area contributed by atoms with Crippen LogP contribution >= 0.6 is 0 Å². The first kappa shape index (κ1) is 17.4. The van der Waals surface area contributed by atoms with Crippen LogP contribution in [0.25, 0.3) is 16.9 Å². The van der Waals surface area contributed by atoms with Crippen molar-refractivity contribution in [1.82, 2.24) is 20.2 Å². The van der Waals surface area contributed by atoms with E-state index in [9.17, 15) is 9.18 Å². The van der Waals surface area contributed by atoms with Gasteiger partial charge in [-0.2, -0.15) is 0 Å². The number of hydrogen-bond donors (Lipinski definition) is 2. The molecule has 0 bridgehead atoms. The highest BCUT2D eigenvalue weighted by Gasteiger charge is 2.23. The molecule has 1 aliphatic rings. The predicted octanol–water partition coefficient (Wildman–Crippen LogP) is 2.97. The third kappa shape index (κ3) is 4.06. The monoisotopic (exact) mass is 364 g/mol. The van der Waals surface area contributed by atoms with Crippen LogP contribution in [0.3, 0.4) is 0 Å². The van der Waals surface area contributed by atoms with Gasteiger partial charge in [0.1, 0.15) is 6.17 Å². The van der Waals surface area contributed by atoms with Gasteiger partial charge in [-0.15, -0.1) is 0 Å². The zero-order chi connectivity index (χ0) is 18.6. The standard InChI is InChI=1S/C21H21FN4O/c22-17-10-18(23-11-17)12-24-21(27)16-8-6-15(7-9-16)20-13-26(14-25-20)19-4-2-1-3-5-19/h1-9,13-14,17-18,23H,10-12H2,(H,24,27). The number of carbonyl (C=O) groups excluding carboxylic acids is 1. The number of nitrogens with zero attached hydrogens (tertiary/aromatic N) is 2. The van der Waals surface area contributed by atoms with E-state index in [-0.39, 0.29) is 11.9 Å². The molecule has 0 radical (unpaired) electrons. The zero-order valence-electron chi connectivity index (χ0n) is 14.8. The summed E-state index contributed by atoms with van der Waals surface area (Å²) in [7, 11) is 0. The van der Waals surface area contributed by atoms with Gasteiger partial charge in [0.2, 0.25) is 0 Å². The first-order valence-corrected chi connectivity index (χ1v) is 9.04. The summed E-state index contributed by atoms with van der Waals surface area (Å²) in [5.41, 5.74) is 3.41. The van der Waals surface area contributed by atoms with Crippen molar-refractivity contribution in [2.24, 2.45) is 0 Å². The molecule has 1 amide bonds. The topological polar surface area (TPSA) is 59.0 Å². The molecule has 2 aromatic carbocycles. The van der Waals surface area contributed by atoms with E-state index < -0.39 is 6.17 Å². The van der Waals surface area contributed by atoms with Crippen molar-refractivity contribution in [2.75, 3.05) is 13.1 Å².